The van der Waals surface area contributed by atoms with Crippen molar-refractivity contribution in [1.29, 1.82) is 0 Å². The van der Waals surface area contributed by atoms with Gasteiger partial charge in [0.15, 0.2) is 5.16 Å². The number of halogens is 1. The van der Waals surface area contributed by atoms with Crippen LogP contribution in [-0.4, -0.2) is 38.0 Å². The SMILES string of the molecule is Cc1ccc(-c2noc(CSc3nnc(N4CCCC4)n3-c3ccc(C)cc3)n2)cc1.Cl. The summed E-state index contributed by atoms with van der Waals surface area (Å²) in [7, 11) is 0. The molecule has 0 N–H and O–H groups in total. The van der Waals surface area contributed by atoms with Crippen LogP contribution >= 0.6 is 24.2 Å². The van der Waals surface area contributed by atoms with E-state index in [1.54, 1.807) is 11.8 Å². The summed E-state index contributed by atoms with van der Waals surface area (Å²) >= 11 is 1.56. The van der Waals surface area contributed by atoms with Gasteiger partial charge in [0.1, 0.15) is 0 Å². The smallest absolute Gasteiger partial charge is 0.237 e. The molecule has 0 atom stereocenters. The number of nitrogens with zero attached hydrogens (tertiary/aromatic N) is 6. The molecule has 9 heteroatoms. The molecule has 32 heavy (non-hydrogen) atoms. The molecule has 2 aromatic carbocycles. The van der Waals surface area contributed by atoms with Crippen molar-refractivity contribution in [1.82, 2.24) is 24.9 Å². The van der Waals surface area contributed by atoms with Gasteiger partial charge in [0.2, 0.25) is 17.7 Å². The first-order valence-corrected chi connectivity index (χ1v) is 11.5. The molecule has 0 bridgehead atoms. The maximum absolute atomic E-state index is 5.49. The molecular weight excluding hydrogens is 444 g/mol. The van der Waals surface area contributed by atoms with Gasteiger partial charge in [-0.1, -0.05) is 64.4 Å². The van der Waals surface area contributed by atoms with Gasteiger partial charge in [-0.25, -0.2) is 0 Å². The second kappa shape index (κ2) is 9.75. The topological polar surface area (TPSA) is 72.9 Å². The zero-order valence-corrected chi connectivity index (χ0v) is 19.7. The van der Waals surface area contributed by atoms with Gasteiger partial charge in [0.25, 0.3) is 0 Å². The molecule has 0 amide bonds. The summed E-state index contributed by atoms with van der Waals surface area (Å²) in [6, 6.07) is 16.6. The van der Waals surface area contributed by atoms with Gasteiger partial charge in [-0.15, -0.1) is 22.6 Å². The highest BCUT2D eigenvalue weighted by Gasteiger charge is 2.23. The molecule has 3 heterocycles. The van der Waals surface area contributed by atoms with Crippen molar-refractivity contribution < 1.29 is 4.52 Å². The molecule has 0 unspecified atom stereocenters. The Kier molecular flexibility index (Phi) is 6.81. The van der Waals surface area contributed by atoms with E-state index in [0.717, 1.165) is 35.4 Å². The molecule has 1 aliphatic rings. The van der Waals surface area contributed by atoms with Gasteiger partial charge in [0.05, 0.1) is 11.4 Å². The highest BCUT2D eigenvalue weighted by molar-refractivity contribution is 7.98. The second-order valence-electron chi connectivity index (χ2n) is 7.81. The largest absolute Gasteiger partial charge is 0.341 e. The van der Waals surface area contributed by atoms with Crippen molar-refractivity contribution in [2.24, 2.45) is 0 Å². The van der Waals surface area contributed by atoms with E-state index in [1.807, 2.05) is 24.3 Å². The normalized spacial score (nSPS) is 13.4. The first-order chi connectivity index (χ1) is 15.2. The Bertz CT molecular complexity index is 1170. The van der Waals surface area contributed by atoms with Crippen LogP contribution in [0.3, 0.4) is 0 Å². The zero-order valence-electron chi connectivity index (χ0n) is 18.1. The molecule has 0 aliphatic carbocycles. The molecule has 1 saturated heterocycles. The van der Waals surface area contributed by atoms with Gasteiger partial charge >= 0.3 is 0 Å². The molecule has 0 radical (unpaired) electrons. The Morgan fingerprint density at radius 1 is 0.906 bits per heavy atom. The van der Waals surface area contributed by atoms with E-state index in [0.29, 0.717) is 17.5 Å². The predicted octanol–water partition coefficient (Wildman–Crippen LogP) is 5.25. The lowest BCUT2D eigenvalue weighted by molar-refractivity contribution is 0.391. The Morgan fingerprint density at radius 3 is 2.25 bits per heavy atom. The summed E-state index contributed by atoms with van der Waals surface area (Å²) < 4.78 is 7.62. The minimum atomic E-state index is 0. The molecule has 0 spiro atoms. The minimum absolute atomic E-state index is 0. The summed E-state index contributed by atoms with van der Waals surface area (Å²) in [6.45, 7) is 6.17. The number of thioether (sulfide) groups is 1. The van der Waals surface area contributed by atoms with E-state index in [9.17, 15) is 0 Å². The number of aryl methyl sites for hydroxylation is 2. The first-order valence-electron chi connectivity index (χ1n) is 10.5. The first kappa shape index (κ1) is 22.4. The highest BCUT2D eigenvalue weighted by Crippen LogP contribution is 2.30. The average molecular weight is 469 g/mol. The van der Waals surface area contributed by atoms with Gasteiger partial charge in [0, 0.05) is 18.7 Å². The van der Waals surface area contributed by atoms with Crippen LogP contribution in [0, 0.1) is 13.8 Å². The summed E-state index contributed by atoms with van der Waals surface area (Å²) in [6.07, 6.45) is 2.38. The van der Waals surface area contributed by atoms with Crippen LogP contribution in [0.5, 0.6) is 0 Å². The summed E-state index contributed by atoms with van der Waals surface area (Å²) in [5.41, 5.74) is 4.44. The number of anilines is 1. The molecule has 166 valence electrons. The number of aromatic nitrogens is 5. The number of benzene rings is 2. The van der Waals surface area contributed by atoms with Crippen molar-refractivity contribution >= 4 is 30.1 Å². The Morgan fingerprint density at radius 2 is 1.56 bits per heavy atom. The number of hydrogen-bond donors (Lipinski definition) is 0. The third-order valence-corrected chi connectivity index (χ3v) is 6.31. The van der Waals surface area contributed by atoms with E-state index in [4.69, 9.17) is 4.52 Å². The van der Waals surface area contributed by atoms with E-state index in [1.165, 1.54) is 24.0 Å². The van der Waals surface area contributed by atoms with Crippen LogP contribution in [-0.2, 0) is 5.75 Å². The molecule has 1 fully saturated rings. The number of hydrogen-bond acceptors (Lipinski definition) is 7. The monoisotopic (exact) mass is 468 g/mol. The van der Waals surface area contributed by atoms with Crippen LogP contribution in [0.1, 0.15) is 29.9 Å². The fourth-order valence-corrected chi connectivity index (χ4v) is 4.44. The van der Waals surface area contributed by atoms with Crippen molar-refractivity contribution in [2.75, 3.05) is 18.0 Å². The van der Waals surface area contributed by atoms with Crippen LogP contribution < -0.4 is 4.90 Å². The lowest BCUT2D eigenvalue weighted by Crippen LogP contribution is -2.22. The molecule has 7 nitrogen and oxygen atoms in total. The molecule has 2 aromatic heterocycles. The summed E-state index contributed by atoms with van der Waals surface area (Å²) in [4.78, 5) is 6.86. The van der Waals surface area contributed by atoms with Gasteiger partial charge < -0.3 is 9.42 Å². The van der Waals surface area contributed by atoms with E-state index >= 15 is 0 Å². The van der Waals surface area contributed by atoms with E-state index in [-0.39, 0.29) is 12.4 Å². The maximum Gasteiger partial charge on any atom is 0.237 e. The Labute approximate surface area is 197 Å². The Balaban J connectivity index is 0.00000245. The quantitative estimate of drug-likeness (QED) is 0.358. The van der Waals surface area contributed by atoms with E-state index < -0.39 is 0 Å². The van der Waals surface area contributed by atoms with Gasteiger partial charge in [-0.05, 0) is 38.8 Å². The standard InChI is InChI=1S/C23H24N6OS.ClH/c1-16-5-9-18(10-6-16)21-24-20(30-27-21)15-31-23-26-25-22(28-13-3-4-14-28)29(23)19-11-7-17(2)8-12-19;/h5-12H,3-4,13-15H2,1-2H3;1H. The van der Waals surface area contributed by atoms with Crippen molar-refractivity contribution in [3.05, 3.63) is 65.5 Å². The van der Waals surface area contributed by atoms with Crippen molar-refractivity contribution in [2.45, 2.75) is 37.6 Å². The predicted molar refractivity (Wildman–Crippen MR) is 129 cm³/mol. The zero-order chi connectivity index (χ0) is 21.2. The van der Waals surface area contributed by atoms with Crippen molar-refractivity contribution in [3.63, 3.8) is 0 Å². The fourth-order valence-electron chi connectivity index (χ4n) is 3.66. The molecule has 4 aromatic rings. The third kappa shape index (κ3) is 4.66. The third-order valence-electron chi connectivity index (χ3n) is 5.40. The summed E-state index contributed by atoms with van der Waals surface area (Å²) in [5, 5.41) is 14.0. The van der Waals surface area contributed by atoms with Crippen LogP contribution in [0.2, 0.25) is 0 Å². The fraction of sp³-hybridized carbons (Fsp3) is 0.304. The molecule has 5 rings (SSSR count). The minimum Gasteiger partial charge on any atom is -0.341 e. The lowest BCUT2D eigenvalue weighted by atomic mass is 10.1. The van der Waals surface area contributed by atoms with Crippen LogP contribution in [0.25, 0.3) is 17.1 Å². The average Bonchev–Trinajstić information content (AvgIpc) is 3.54. The second-order valence-corrected chi connectivity index (χ2v) is 8.76. The van der Waals surface area contributed by atoms with Crippen LogP contribution in [0.4, 0.5) is 5.95 Å². The van der Waals surface area contributed by atoms with E-state index in [2.05, 4.69) is 67.9 Å². The van der Waals surface area contributed by atoms with Gasteiger partial charge in [-0.2, -0.15) is 4.98 Å². The molecular formula is C23H25ClN6OS. The van der Waals surface area contributed by atoms with Crippen molar-refractivity contribution in [3.8, 4) is 17.1 Å². The number of rotatable bonds is 6. The van der Waals surface area contributed by atoms with Crippen LogP contribution in [0.15, 0.2) is 58.2 Å². The molecule has 1 aliphatic heterocycles. The summed E-state index contributed by atoms with van der Waals surface area (Å²) in [5.74, 6) is 2.60. The lowest BCUT2D eigenvalue weighted by Gasteiger charge is -2.18. The molecule has 0 saturated carbocycles. The maximum atomic E-state index is 5.49. The Hall–Kier alpha value is -2.84. The highest BCUT2D eigenvalue weighted by atomic mass is 35.5. The van der Waals surface area contributed by atoms with Gasteiger partial charge in [-0.3, -0.25) is 4.57 Å².